The Balaban J connectivity index is 1.65. The molecular formula is C19H15N3S2. The number of hydrogen-bond donors (Lipinski definition) is 1. The van der Waals surface area contributed by atoms with Gasteiger partial charge in [0, 0.05) is 0 Å². The van der Waals surface area contributed by atoms with Crippen molar-refractivity contribution >= 4 is 23.1 Å². The van der Waals surface area contributed by atoms with E-state index in [1.807, 2.05) is 29.6 Å². The number of aromatic nitrogens is 3. The van der Waals surface area contributed by atoms with Crippen LogP contribution in [-0.2, 0) is 0 Å². The van der Waals surface area contributed by atoms with Crippen LogP contribution in [0.15, 0.2) is 83.3 Å². The number of nitrogens with zero attached hydrogens (tertiary/aromatic N) is 2. The van der Waals surface area contributed by atoms with Crippen LogP contribution < -0.4 is 0 Å². The van der Waals surface area contributed by atoms with Crippen LogP contribution in [0.2, 0.25) is 0 Å². The standard InChI is InChI=1S/C19H15N3S2/c1-3-8-14(9-4-1)17(15-10-5-2-6-11-15)24-19-20-18(21-22-19)16-12-7-13-23-16/h1-13,17H,(H,20,21,22). The third-order valence-corrected chi connectivity index (χ3v) is 5.70. The SMILES string of the molecule is c1ccc(C(Sc2n[nH]c(-c3cccs3)n2)c2ccccc2)cc1. The first-order valence-corrected chi connectivity index (χ1v) is 9.39. The molecule has 2 heterocycles. The first-order chi connectivity index (χ1) is 11.9. The minimum Gasteiger partial charge on any atom is -0.257 e. The summed E-state index contributed by atoms with van der Waals surface area (Å²) in [5.74, 6) is 0.826. The van der Waals surface area contributed by atoms with E-state index in [1.165, 1.54) is 11.1 Å². The number of benzene rings is 2. The lowest BCUT2D eigenvalue weighted by molar-refractivity contribution is 0.965. The van der Waals surface area contributed by atoms with Gasteiger partial charge >= 0.3 is 0 Å². The fraction of sp³-hybridized carbons (Fsp3) is 0.0526. The predicted molar refractivity (Wildman–Crippen MR) is 100 cm³/mol. The number of nitrogens with one attached hydrogen (secondary N) is 1. The van der Waals surface area contributed by atoms with Crippen LogP contribution >= 0.6 is 23.1 Å². The molecule has 2 aromatic heterocycles. The molecule has 0 aliphatic rings. The summed E-state index contributed by atoms with van der Waals surface area (Å²) in [4.78, 5) is 5.75. The molecule has 0 aliphatic carbocycles. The van der Waals surface area contributed by atoms with Crippen LogP contribution in [-0.4, -0.2) is 15.2 Å². The maximum atomic E-state index is 4.65. The van der Waals surface area contributed by atoms with Gasteiger partial charge in [-0.3, -0.25) is 5.10 Å². The summed E-state index contributed by atoms with van der Waals surface area (Å²) in [6.45, 7) is 0. The first-order valence-electron chi connectivity index (χ1n) is 7.63. The highest BCUT2D eigenvalue weighted by atomic mass is 32.2. The summed E-state index contributed by atoms with van der Waals surface area (Å²) >= 11 is 3.32. The molecule has 5 heteroatoms. The molecule has 3 nitrogen and oxygen atoms in total. The second-order valence-corrected chi connectivity index (χ2v) is 7.28. The zero-order chi connectivity index (χ0) is 16.2. The summed E-state index contributed by atoms with van der Waals surface area (Å²) in [7, 11) is 0. The molecule has 4 aromatic rings. The third kappa shape index (κ3) is 3.27. The second-order valence-electron chi connectivity index (χ2n) is 5.26. The molecule has 0 radical (unpaired) electrons. The average molecular weight is 349 g/mol. The van der Waals surface area contributed by atoms with E-state index >= 15 is 0 Å². The smallest absolute Gasteiger partial charge is 0.209 e. The number of hydrogen-bond acceptors (Lipinski definition) is 4. The van der Waals surface area contributed by atoms with Gasteiger partial charge in [0.25, 0.3) is 0 Å². The van der Waals surface area contributed by atoms with E-state index in [2.05, 4.69) is 63.7 Å². The van der Waals surface area contributed by atoms with Gasteiger partial charge in [-0.2, -0.15) is 0 Å². The minimum atomic E-state index is 0.166. The third-order valence-electron chi connectivity index (χ3n) is 3.65. The second kappa shape index (κ2) is 7.03. The molecule has 0 saturated carbocycles. The number of H-pyrrole nitrogens is 1. The van der Waals surface area contributed by atoms with E-state index in [-0.39, 0.29) is 5.25 Å². The van der Waals surface area contributed by atoms with Gasteiger partial charge in [0.1, 0.15) is 0 Å². The van der Waals surface area contributed by atoms with E-state index in [4.69, 9.17) is 0 Å². The van der Waals surface area contributed by atoms with Crippen LogP contribution in [0, 0.1) is 0 Å². The fourth-order valence-electron chi connectivity index (χ4n) is 2.51. The lowest BCUT2D eigenvalue weighted by Crippen LogP contribution is -1.97. The van der Waals surface area contributed by atoms with Crippen molar-refractivity contribution in [1.82, 2.24) is 15.2 Å². The number of rotatable bonds is 5. The van der Waals surface area contributed by atoms with Crippen molar-refractivity contribution in [3.8, 4) is 10.7 Å². The molecule has 4 rings (SSSR count). The first kappa shape index (κ1) is 15.2. The highest BCUT2D eigenvalue weighted by molar-refractivity contribution is 7.99. The Labute approximate surface area is 148 Å². The minimum absolute atomic E-state index is 0.166. The Kier molecular flexibility index (Phi) is 4.44. The zero-order valence-corrected chi connectivity index (χ0v) is 14.4. The van der Waals surface area contributed by atoms with Gasteiger partial charge in [0.15, 0.2) is 5.82 Å². The molecule has 0 fully saturated rings. The van der Waals surface area contributed by atoms with E-state index in [0.717, 1.165) is 15.9 Å². The number of thiophene rings is 1. The van der Waals surface area contributed by atoms with Crippen LogP contribution in [0.4, 0.5) is 0 Å². The molecule has 0 saturated heterocycles. The van der Waals surface area contributed by atoms with Crippen LogP contribution in [0.25, 0.3) is 10.7 Å². The van der Waals surface area contributed by atoms with Gasteiger partial charge in [-0.1, -0.05) is 78.5 Å². The van der Waals surface area contributed by atoms with E-state index < -0.39 is 0 Å². The Bertz CT molecular complexity index is 847. The van der Waals surface area contributed by atoms with Gasteiger partial charge in [-0.05, 0) is 22.6 Å². The van der Waals surface area contributed by atoms with Gasteiger partial charge in [0.2, 0.25) is 5.16 Å². The summed E-state index contributed by atoms with van der Waals surface area (Å²) < 4.78 is 0. The Morgan fingerprint density at radius 1 is 0.833 bits per heavy atom. The van der Waals surface area contributed by atoms with Crippen molar-refractivity contribution in [3.05, 3.63) is 89.3 Å². The van der Waals surface area contributed by atoms with Gasteiger partial charge in [-0.15, -0.1) is 16.4 Å². The van der Waals surface area contributed by atoms with E-state index in [0.29, 0.717) is 0 Å². The quantitative estimate of drug-likeness (QED) is 0.489. The molecule has 0 aliphatic heterocycles. The largest absolute Gasteiger partial charge is 0.257 e. The van der Waals surface area contributed by atoms with Crippen LogP contribution in [0.1, 0.15) is 16.4 Å². The topological polar surface area (TPSA) is 41.6 Å². The maximum Gasteiger partial charge on any atom is 0.209 e. The van der Waals surface area contributed by atoms with Gasteiger partial charge < -0.3 is 0 Å². The molecule has 0 unspecified atom stereocenters. The molecule has 0 bridgehead atoms. The lowest BCUT2D eigenvalue weighted by Gasteiger charge is -2.15. The van der Waals surface area contributed by atoms with Crippen molar-refractivity contribution in [2.75, 3.05) is 0 Å². The van der Waals surface area contributed by atoms with Crippen molar-refractivity contribution in [2.45, 2.75) is 10.4 Å². The highest BCUT2D eigenvalue weighted by Gasteiger charge is 2.18. The maximum absolute atomic E-state index is 4.65. The Morgan fingerprint density at radius 2 is 1.50 bits per heavy atom. The highest BCUT2D eigenvalue weighted by Crippen LogP contribution is 2.39. The van der Waals surface area contributed by atoms with E-state index in [9.17, 15) is 0 Å². The molecule has 2 aromatic carbocycles. The molecule has 0 atom stereocenters. The van der Waals surface area contributed by atoms with Crippen molar-refractivity contribution in [3.63, 3.8) is 0 Å². The van der Waals surface area contributed by atoms with Crippen molar-refractivity contribution in [2.24, 2.45) is 0 Å². The Hall–Kier alpha value is -2.37. The number of thioether (sulfide) groups is 1. The number of aromatic amines is 1. The summed E-state index contributed by atoms with van der Waals surface area (Å²) in [6, 6.07) is 25.0. The molecule has 0 amide bonds. The normalized spacial score (nSPS) is 11.0. The Morgan fingerprint density at radius 3 is 2.08 bits per heavy atom. The van der Waals surface area contributed by atoms with E-state index in [1.54, 1.807) is 23.1 Å². The van der Waals surface area contributed by atoms with Gasteiger partial charge in [-0.25, -0.2) is 4.98 Å². The summed E-state index contributed by atoms with van der Waals surface area (Å²) in [6.07, 6.45) is 0. The average Bonchev–Trinajstić information content (AvgIpc) is 3.33. The van der Waals surface area contributed by atoms with Crippen LogP contribution in [0.3, 0.4) is 0 Å². The molecule has 24 heavy (non-hydrogen) atoms. The predicted octanol–water partition coefficient (Wildman–Crippen LogP) is 5.41. The van der Waals surface area contributed by atoms with Crippen molar-refractivity contribution < 1.29 is 0 Å². The monoisotopic (exact) mass is 349 g/mol. The van der Waals surface area contributed by atoms with Crippen molar-refractivity contribution in [1.29, 1.82) is 0 Å². The zero-order valence-electron chi connectivity index (χ0n) is 12.8. The summed E-state index contributed by atoms with van der Waals surface area (Å²) in [5, 5.41) is 10.4. The molecular weight excluding hydrogens is 334 g/mol. The summed E-state index contributed by atoms with van der Waals surface area (Å²) in [5.41, 5.74) is 2.49. The van der Waals surface area contributed by atoms with Crippen LogP contribution in [0.5, 0.6) is 0 Å². The lowest BCUT2D eigenvalue weighted by atomic mass is 10.0. The fourth-order valence-corrected chi connectivity index (χ4v) is 4.22. The van der Waals surface area contributed by atoms with Gasteiger partial charge in [0.05, 0.1) is 10.1 Å². The molecule has 118 valence electrons. The molecule has 1 N–H and O–H groups in total. The molecule has 0 spiro atoms.